The first-order valence-corrected chi connectivity index (χ1v) is 8.10. The molecule has 1 aromatic rings. The van der Waals surface area contributed by atoms with E-state index >= 15 is 0 Å². The molecule has 4 N–H and O–H groups in total. The van der Waals surface area contributed by atoms with E-state index in [2.05, 4.69) is 15.6 Å². The molecule has 1 aromatic carbocycles. The topological polar surface area (TPSA) is 88.7 Å². The van der Waals surface area contributed by atoms with Crippen molar-refractivity contribution in [3.63, 3.8) is 0 Å². The van der Waals surface area contributed by atoms with Crippen LogP contribution in [0.1, 0.15) is 35.2 Å². The second kappa shape index (κ2) is 9.15. The molecule has 1 fully saturated rings. The third-order valence-corrected chi connectivity index (χ3v) is 3.73. The predicted molar refractivity (Wildman–Crippen MR) is 91.3 cm³/mol. The average molecular weight is 318 g/mol. The van der Waals surface area contributed by atoms with Gasteiger partial charge in [0.1, 0.15) is 0 Å². The van der Waals surface area contributed by atoms with E-state index in [1.165, 1.54) is 12.8 Å². The molecule has 1 saturated carbocycles. The maximum atomic E-state index is 11.0. The number of hydrogen-bond acceptors (Lipinski definition) is 3. The number of nitrogens with zero attached hydrogens (tertiary/aromatic N) is 1. The van der Waals surface area contributed by atoms with Crippen molar-refractivity contribution in [3.05, 3.63) is 35.4 Å². The lowest BCUT2D eigenvalue weighted by Gasteiger charge is -2.12. The first-order valence-electron chi connectivity index (χ1n) is 8.10. The van der Waals surface area contributed by atoms with Gasteiger partial charge in [-0.25, -0.2) is 0 Å². The first kappa shape index (κ1) is 17.3. The van der Waals surface area contributed by atoms with Crippen LogP contribution in [0.2, 0.25) is 0 Å². The first-order chi connectivity index (χ1) is 11.2. The van der Waals surface area contributed by atoms with Crippen LogP contribution >= 0.6 is 0 Å². The van der Waals surface area contributed by atoms with Crippen molar-refractivity contribution in [2.24, 2.45) is 16.6 Å². The molecule has 0 atom stereocenters. The van der Waals surface area contributed by atoms with Crippen LogP contribution in [0.15, 0.2) is 29.3 Å². The Morgan fingerprint density at radius 3 is 2.65 bits per heavy atom. The Balaban J connectivity index is 1.60. The molecule has 0 unspecified atom stereocenters. The summed E-state index contributed by atoms with van der Waals surface area (Å²) in [6.07, 6.45) is 3.62. The fourth-order valence-electron chi connectivity index (χ4n) is 2.11. The molecule has 1 aliphatic carbocycles. The minimum Gasteiger partial charge on any atom is -0.381 e. The molecule has 126 valence electrons. The Labute approximate surface area is 137 Å². The number of rotatable bonds is 9. The molecule has 23 heavy (non-hydrogen) atoms. The number of amides is 1. The monoisotopic (exact) mass is 318 g/mol. The third-order valence-electron chi connectivity index (χ3n) is 3.73. The quantitative estimate of drug-likeness (QED) is 0.363. The van der Waals surface area contributed by atoms with Crippen molar-refractivity contribution >= 4 is 11.9 Å². The van der Waals surface area contributed by atoms with Crippen molar-refractivity contribution in [1.82, 2.24) is 10.6 Å². The summed E-state index contributed by atoms with van der Waals surface area (Å²) in [5.74, 6) is 1.16. The lowest BCUT2D eigenvalue weighted by Crippen LogP contribution is -2.37. The second-order valence-electron chi connectivity index (χ2n) is 5.79. The maximum absolute atomic E-state index is 11.0. The molecular formula is C17H26N4O2. The Kier molecular flexibility index (Phi) is 6.87. The zero-order valence-electron chi connectivity index (χ0n) is 13.7. The fourth-order valence-corrected chi connectivity index (χ4v) is 2.11. The Hall–Kier alpha value is -2.08. The molecular weight excluding hydrogens is 292 g/mol. The number of ether oxygens (including phenoxy) is 1. The third kappa shape index (κ3) is 6.69. The highest BCUT2D eigenvalue weighted by Crippen LogP contribution is 2.28. The second-order valence-corrected chi connectivity index (χ2v) is 5.79. The molecule has 0 saturated heterocycles. The average Bonchev–Trinajstić information content (AvgIpc) is 3.38. The van der Waals surface area contributed by atoms with Crippen molar-refractivity contribution in [2.75, 3.05) is 26.8 Å². The normalized spacial score (nSPS) is 14.6. The van der Waals surface area contributed by atoms with Gasteiger partial charge >= 0.3 is 0 Å². The Bertz CT molecular complexity index is 524. The number of carbonyl (C=O) groups excluding carboxylic acids is 1. The summed E-state index contributed by atoms with van der Waals surface area (Å²) in [5.41, 5.74) is 6.80. The highest BCUT2D eigenvalue weighted by molar-refractivity contribution is 5.92. The smallest absolute Gasteiger partial charge is 0.248 e. The van der Waals surface area contributed by atoms with E-state index in [1.54, 1.807) is 19.2 Å². The molecule has 1 amide bonds. The van der Waals surface area contributed by atoms with Gasteiger partial charge in [-0.15, -0.1) is 0 Å². The van der Waals surface area contributed by atoms with Crippen LogP contribution in [0.5, 0.6) is 0 Å². The lowest BCUT2D eigenvalue weighted by molar-refractivity contribution is 0.100. The molecule has 6 heteroatoms. The predicted octanol–water partition coefficient (Wildman–Crippen LogP) is 1.27. The lowest BCUT2D eigenvalue weighted by atomic mass is 10.1. The molecule has 1 aliphatic rings. The number of nitrogens with two attached hydrogens (primary N) is 1. The SMILES string of the molecule is CN=C(NCCCOCC1CC1)NCc1ccc(C(N)=O)cc1. The Morgan fingerprint density at radius 1 is 1.30 bits per heavy atom. The van der Waals surface area contributed by atoms with Crippen LogP contribution < -0.4 is 16.4 Å². The van der Waals surface area contributed by atoms with Crippen LogP contribution in [0, 0.1) is 5.92 Å². The van der Waals surface area contributed by atoms with Gasteiger partial charge in [0, 0.05) is 38.9 Å². The molecule has 0 radical (unpaired) electrons. The van der Waals surface area contributed by atoms with Gasteiger partial charge < -0.3 is 21.1 Å². The zero-order chi connectivity index (χ0) is 16.5. The molecule has 0 spiro atoms. The number of guanidine groups is 1. The number of hydrogen-bond donors (Lipinski definition) is 3. The van der Waals surface area contributed by atoms with E-state index in [-0.39, 0.29) is 0 Å². The summed E-state index contributed by atoms with van der Waals surface area (Å²) in [7, 11) is 1.75. The highest BCUT2D eigenvalue weighted by atomic mass is 16.5. The molecule has 2 rings (SSSR count). The van der Waals surface area contributed by atoms with E-state index in [0.717, 1.165) is 43.6 Å². The van der Waals surface area contributed by atoms with Gasteiger partial charge in [0.15, 0.2) is 5.96 Å². The fraction of sp³-hybridized carbons (Fsp3) is 0.529. The van der Waals surface area contributed by atoms with Gasteiger partial charge in [0.2, 0.25) is 5.91 Å². The van der Waals surface area contributed by atoms with E-state index < -0.39 is 5.91 Å². The zero-order valence-corrected chi connectivity index (χ0v) is 13.7. The van der Waals surface area contributed by atoms with Gasteiger partial charge in [-0.2, -0.15) is 0 Å². The van der Waals surface area contributed by atoms with Crippen molar-refractivity contribution < 1.29 is 9.53 Å². The van der Waals surface area contributed by atoms with Crippen LogP contribution in [0.25, 0.3) is 0 Å². The van der Waals surface area contributed by atoms with E-state index in [4.69, 9.17) is 10.5 Å². The van der Waals surface area contributed by atoms with Gasteiger partial charge in [-0.05, 0) is 42.9 Å². The minimum absolute atomic E-state index is 0.411. The maximum Gasteiger partial charge on any atom is 0.248 e. The van der Waals surface area contributed by atoms with E-state index in [0.29, 0.717) is 12.1 Å². The number of benzene rings is 1. The van der Waals surface area contributed by atoms with Crippen molar-refractivity contribution in [3.8, 4) is 0 Å². The number of primary amides is 1. The van der Waals surface area contributed by atoms with E-state index in [9.17, 15) is 4.79 Å². The number of aliphatic imine (C=N–C) groups is 1. The van der Waals surface area contributed by atoms with E-state index in [1.807, 2.05) is 12.1 Å². The van der Waals surface area contributed by atoms with Crippen LogP contribution in [-0.2, 0) is 11.3 Å². The largest absolute Gasteiger partial charge is 0.381 e. The van der Waals surface area contributed by atoms with Gasteiger partial charge in [0.05, 0.1) is 0 Å². The standard InChI is InChI=1S/C17H26N4O2/c1-19-17(20-9-2-10-23-12-14-3-4-14)21-11-13-5-7-15(8-6-13)16(18)22/h5-8,14H,2-4,9-12H2,1H3,(H2,18,22)(H2,19,20,21). The highest BCUT2D eigenvalue weighted by Gasteiger charge is 2.20. The summed E-state index contributed by atoms with van der Waals surface area (Å²) >= 11 is 0. The summed E-state index contributed by atoms with van der Waals surface area (Å²) in [4.78, 5) is 15.2. The van der Waals surface area contributed by atoms with Gasteiger partial charge in [-0.1, -0.05) is 12.1 Å². The summed E-state index contributed by atoms with van der Waals surface area (Å²) in [6.45, 7) is 3.16. The molecule has 0 aromatic heterocycles. The molecule has 6 nitrogen and oxygen atoms in total. The molecule has 0 bridgehead atoms. The summed E-state index contributed by atoms with van der Waals surface area (Å²) in [5, 5.41) is 6.49. The van der Waals surface area contributed by atoms with Gasteiger partial charge in [-0.3, -0.25) is 9.79 Å². The van der Waals surface area contributed by atoms with Crippen molar-refractivity contribution in [2.45, 2.75) is 25.8 Å². The van der Waals surface area contributed by atoms with Crippen LogP contribution in [0.3, 0.4) is 0 Å². The summed E-state index contributed by atoms with van der Waals surface area (Å²) in [6, 6.07) is 7.22. The van der Waals surface area contributed by atoms with Crippen molar-refractivity contribution in [1.29, 1.82) is 0 Å². The Morgan fingerprint density at radius 2 is 2.04 bits per heavy atom. The van der Waals surface area contributed by atoms with Crippen LogP contribution in [-0.4, -0.2) is 38.7 Å². The van der Waals surface area contributed by atoms with Gasteiger partial charge in [0.25, 0.3) is 0 Å². The molecule has 0 aliphatic heterocycles. The number of nitrogens with one attached hydrogen (secondary N) is 2. The molecule has 0 heterocycles. The van der Waals surface area contributed by atoms with Crippen LogP contribution in [0.4, 0.5) is 0 Å². The number of carbonyl (C=O) groups is 1. The summed E-state index contributed by atoms with van der Waals surface area (Å²) < 4.78 is 5.59. The minimum atomic E-state index is -0.411.